The second-order valence-electron chi connectivity index (χ2n) is 6.03. The first-order valence-corrected chi connectivity index (χ1v) is 8.53. The topological polar surface area (TPSA) is 98.0 Å². The van der Waals surface area contributed by atoms with Gasteiger partial charge in [-0.3, -0.25) is 0 Å². The summed E-state index contributed by atoms with van der Waals surface area (Å²) < 4.78 is 21.2. The van der Waals surface area contributed by atoms with Crippen molar-refractivity contribution in [2.75, 3.05) is 28.4 Å². The number of benzene rings is 2. The summed E-state index contributed by atoms with van der Waals surface area (Å²) in [4.78, 5) is 25.2. The summed E-state index contributed by atoms with van der Waals surface area (Å²) in [5.74, 6) is -0.509. The van der Waals surface area contributed by atoms with E-state index in [1.807, 2.05) is 0 Å². The Balaban J connectivity index is 2.53. The van der Waals surface area contributed by atoms with E-state index in [1.165, 1.54) is 46.9 Å². The van der Waals surface area contributed by atoms with E-state index in [2.05, 4.69) is 0 Å². The summed E-state index contributed by atoms with van der Waals surface area (Å²) >= 11 is 0. The highest BCUT2D eigenvalue weighted by Gasteiger charge is 2.27. The van der Waals surface area contributed by atoms with Crippen LogP contribution in [0.5, 0.6) is 11.5 Å². The Morgan fingerprint density at radius 2 is 1.45 bits per heavy atom. The zero-order valence-electron chi connectivity index (χ0n) is 16.3. The van der Waals surface area contributed by atoms with Crippen LogP contribution in [-0.4, -0.2) is 40.4 Å². The van der Waals surface area contributed by atoms with Crippen molar-refractivity contribution in [1.82, 2.24) is 0 Å². The molecule has 0 amide bonds. The molecule has 1 aromatic heterocycles. The standard InChI is InChI=1S/C21H19NO7/c1-26-16-10-13-9-15(20(23)28-3)19(21(24)29-4)18(14(13)11-17(16)27-2)12-5-7-22(25)8-6-12/h5-11H,1-4H3. The summed E-state index contributed by atoms with van der Waals surface area (Å²) in [6, 6.07) is 8.03. The van der Waals surface area contributed by atoms with Crippen LogP contribution in [0.3, 0.4) is 0 Å². The number of methoxy groups -OCH3 is 4. The molecule has 0 bridgehead atoms. The molecule has 0 aliphatic rings. The number of hydrogen-bond acceptors (Lipinski definition) is 7. The highest BCUT2D eigenvalue weighted by molar-refractivity contribution is 6.15. The molecule has 0 aliphatic carbocycles. The van der Waals surface area contributed by atoms with Gasteiger partial charge in [0, 0.05) is 17.7 Å². The molecule has 1 heterocycles. The molecule has 0 unspecified atom stereocenters. The molecule has 2 aromatic carbocycles. The molecule has 8 nitrogen and oxygen atoms in total. The lowest BCUT2D eigenvalue weighted by molar-refractivity contribution is -0.605. The van der Waals surface area contributed by atoms with Gasteiger partial charge in [-0.05, 0) is 34.5 Å². The van der Waals surface area contributed by atoms with Gasteiger partial charge in [0.25, 0.3) is 0 Å². The number of carbonyl (C=O) groups is 2. The molecule has 0 spiro atoms. The molecular weight excluding hydrogens is 378 g/mol. The van der Waals surface area contributed by atoms with Gasteiger partial charge in [-0.1, -0.05) is 0 Å². The molecule has 0 N–H and O–H groups in total. The maximum Gasteiger partial charge on any atom is 0.339 e. The Labute approximate surface area is 166 Å². The molecule has 0 saturated carbocycles. The van der Waals surface area contributed by atoms with Crippen LogP contribution in [0.25, 0.3) is 21.9 Å². The minimum absolute atomic E-state index is 0.0303. The maximum absolute atomic E-state index is 12.7. The van der Waals surface area contributed by atoms with Crippen molar-refractivity contribution < 1.29 is 33.3 Å². The quantitative estimate of drug-likeness (QED) is 0.371. The SMILES string of the molecule is COC(=O)c1cc2cc(OC)c(OC)cc2c(-c2cc[n+]([O-])cc2)c1C(=O)OC. The Morgan fingerprint density at radius 1 is 0.862 bits per heavy atom. The summed E-state index contributed by atoms with van der Waals surface area (Å²) in [5.41, 5.74) is 1.02. The zero-order chi connectivity index (χ0) is 21.1. The fourth-order valence-corrected chi connectivity index (χ4v) is 3.19. The molecule has 29 heavy (non-hydrogen) atoms. The minimum Gasteiger partial charge on any atom is -0.619 e. The fraction of sp³-hybridized carbons (Fsp3) is 0.190. The number of esters is 2. The van der Waals surface area contributed by atoms with Crippen LogP contribution in [0.2, 0.25) is 0 Å². The van der Waals surface area contributed by atoms with Gasteiger partial charge in [0.1, 0.15) is 0 Å². The number of fused-ring (bicyclic) bond motifs is 1. The molecule has 8 heteroatoms. The molecule has 3 aromatic rings. The number of hydrogen-bond donors (Lipinski definition) is 0. The number of pyridine rings is 1. The van der Waals surface area contributed by atoms with Crippen LogP contribution in [0, 0.1) is 5.21 Å². The van der Waals surface area contributed by atoms with E-state index in [4.69, 9.17) is 18.9 Å². The van der Waals surface area contributed by atoms with E-state index in [9.17, 15) is 14.8 Å². The molecule has 150 valence electrons. The summed E-state index contributed by atoms with van der Waals surface area (Å²) in [6.07, 6.45) is 2.60. The van der Waals surface area contributed by atoms with Gasteiger partial charge in [-0.25, -0.2) is 9.59 Å². The van der Waals surface area contributed by atoms with Crippen molar-refractivity contribution in [2.45, 2.75) is 0 Å². The fourth-order valence-electron chi connectivity index (χ4n) is 3.19. The molecule has 0 radical (unpaired) electrons. The number of rotatable bonds is 5. The number of carbonyl (C=O) groups excluding carboxylic acids is 2. The van der Waals surface area contributed by atoms with Gasteiger partial charge in [-0.15, -0.1) is 0 Å². The van der Waals surface area contributed by atoms with Crippen molar-refractivity contribution in [1.29, 1.82) is 0 Å². The van der Waals surface area contributed by atoms with E-state index >= 15 is 0 Å². The molecule has 0 aliphatic heterocycles. The van der Waals surface area contributed by atoms with Crippen molar-refractivity contribution in [3.63, 3.8) is 0 Å². The number of aromatic nitrogens is 1. The molecule has 0 atom stereocenters. The van der Waals surface area contributed by atoms with Gasteiger partial charge in [0.05, 0.1) is 39.6 Å². The first kappa shape index (κ1) is 19.9. The van der Waals surface area contributed by atoms with Crippen LogP contribution in [0.1, 0.15) is 20.7 Å². The van der Waals surface area contributed by atoms with E-state index < -0.39 is 11.9 Å². The molecule has 3 rings (SSSR count). The number of nitrogens with zero attached hydrogens (tertiary/aromatic N) is 1. The predicted octanol–water partition coefficient (Wildman–Crippen LogP) is 2.73. The lowest BCUT2D eigenvalue weighted by atomic mass is 9.89. The van der Waals surface area contributed by atoms with Gasteiger partial charge in [-0.2, -0.15) is 4.73 Å². The van der Waals surface area contributed by atoms with Crippen LogP contribution in [-0.2, 0) is 9.47 Å². The summed E-state index contributed by atoms with van der Waals surface area (Å²) in [7, 11) is 5.45. The third-order valence-electron chi connectivity index (χ3n) is 4.53. The Hall–Kier alpha value is -3.81. The van der Waals surface area contributed by atoms with Crippen molar-refractivity contribution >= 4 is 22.7 Å². The Morgan fingerprint density at radius 3 is 2.00 bits per heavy atom. The largest absolute Gasteiger partial charge is 0.619 e. The highest BCUT2D eigenvalue weighted by Crippen LogP contribution is 2.40. The normalized spacial score (nSPS) is 10.5. The van der Waals surface area contributed by atoms with Gasteiger partial charge in [0.15, 0.2) is 23.9 Å². The lowest BCUT2D eigenvalue weighted by Crippen LogP contribution is -2.23. The first-order chi connectivity index (χ1) is 13.9. The van der Waals surface area contributed by atoms with Crippen molar-refractivity contribution in [3.8, 4) is 22.6 Å². The third kappa shape index (κ3) is 3.52. The third-order valence-corrected chi connectivity index (χ3v) is 4.53. The molecular formula is C21H19NO7. The van der Waals surface area contributed by atoms with Crippen LogP contribution >= 0.6 is 0 Å². The minimum atomic E-state index is -0.712. The van der Waals surface area contributed by atoms with Crippen molar-refractivity contribution in [3.05, 3.63) is 59.1 Å². The van der Waals surface area contributed by atoms with Gasteiger partial charge in [0.2, 0.25) is 0 Å². The smallest absolute Gasteiger partial charge is 0.339 e. The van der Waals surface area contributed by atoms with E-state index in [-0.39, 0.29) is 11.1 Å². The second kappa shape index (κ2) is 8.05. The van der Waals surface area contributed by atoms with Crippen LogP contribution in [0.4, 0.5) is 0 Å². The average Bonchev–Trinajstić information content (AvgIpc) is 2.76. The van der Waals surface area contributed by atoms with E-state index in [0.29, 0.717) is 38.1 Å². The molecule has 0 saturated heterocycles. The van der Waals surface area contributed by atoms with Crippen LogP contribution < -0.4 is 14.2 Å². The second-order valence-corrected chi connectivity index (χ2v) is 6.03. The van der Waals surface area contributed by atoms with Crippen molar-refractivity contribution in [2.24, 2.45) is 0 Å². The summed E-state index contributed by atoms with van der Waals surface area (Å²) in [5, 5.41) is 12.7. The maximum atomic E-state index is 12.7. The number of ether oxygens (including phenoxy) is 4. The van der Waals surface area contributed by atoms with E-state index in [1.54, 1.807) is 24.3 Å². The Kier molecular flexibility index (Phi) is 5.54. The lowest BCUT2D eigenvalue weighted by Gasteiger charge is -2.17. The summed E-state index contributed by atoms with van der Waals surface area (Å²) in [6.45, 7) is 0. The van der Waals surface area contributed by atoms with E-state index in [0.717, 1.165) is 0 Å². The first-order valence-electron chi connectivity index (χ1n) is 8.53. The van der Waals surface area contributed by atoms with Gasteiger partial charge >= 0.3 is 11.9 Å². The Bertz CT molecular complexity index is 1090. The monoisotopic (exact) mass is 397 g/mol. The average molecular weight is 397 g/mol. The highest BCUT2D eigenvalue weighted by atomic mass is 16.5. The molecule has 0 fully saturated rings. The zero-order valence-corrected chi connectivity index (χ0v) is 16.3. The van der Waals surface area contributed by atoms with Gasteiger partial charge < -0.3 is 24.2 Å². The van der Waals surface area contributed by atoms with Crippen LogP contribution in [0.15, 0.2) is 42.7 Å². The predicted molar refractivity (Wildman–Crippen MR) is 104 cm³/mol.